The van der Waals surface area contributed by atoms with Crippen molar-refractivity contribution >= 4 is 35.0 Å². The lowest BCUT2D eigenvalue weighted by atomic mass is 9.91. The lowest BCUT2D eigenvalue weighted by molar-refractivity contribution is -0.145. The number of rotatable bonds is 3. The van der Waals surface area contributed by atoms with Crippen LogP contribution in [0.2, 0.25) is 5.02 Å². The van der Waals surface area contributed by atoms with Crippen LogP contribution in [0.5, 0.6) is 0 Å². The van der Waals surface area contributed by atoms with Crippen LogP contribution in [0.15, 0.2) is 18.2 Å². The molecule has 8 heteroatoms. The number of hydrogen-bond acceptors (Lipinski definition) is 3. The predicted octanol–water partition coefficient (Wildman–Crippen LogP) is 2.52. The first-order chi connectivity index (χ1) is 12.8. The highest BCUT2D eigenvalue weighted by molar-refractivity contribution is 6.31. The lowest BCUT2D eigenvalue weighted by Gasteiger charge is -2.36. The first-order valence-corrected chi connectivity index (χ1v) is 9.51. The van der Waals surface area contributed by atoms with Crippen LogP contribution >= 0.6 is 11.6 Å². The maximum absolute atomic E-state index is 13.2. The van der Waals surface area contributed by atoms with E-state index in [9.17, 15) is 18.8 Å². The fourth-order valence-corrected chi connectivity index (χ4v) is 3.77. The summed E-state index contributed by atoms with van der Waals surface area (Å²) in [5.74, 6) is -1.13. The maximum atomic E-state index is 13.2. The second kappa shape index (κ2) is 8.25. The molecule has 0 radical (unpaired) electrons. The molecule has 1 aromatic rings. The first kappa shape index (κ1) is 19.6. The summed E-state index contributed by atoms with van der Waals surface area (Å²) in [6.45, 7) is 1.61. The Bertz CT molecular complexity index is 750. The van der Waals surface area contributed by atoms with Crippen molar-refractivity contribution in [2.45, 2.75) is 25.7 Å². The highest BCUT2D eigenvalue weighted by atomic mass is 35.5. The van der Waals surface area contributed by atoms with Crippen molar-refractivity contribution in [3.63, 3.8) is 0 Å². The van der Waals surface area contributed by atoms with Gasteiger partial charge in [-0.05, 0) is 37.5 Å². The minimum Gasteiger partial charge on any atom is -0.346 e. The lowest BCUT2D eigenvalue weighted by Crippen LogP contribution is -2.47. The number of likely N-dealkylation sites (tertiary alicyclic amines) is 2. The average Bonchev–Trinajstić information content (AvgIpc) is 2.66. The Balaban J connectivity index is 1.50. The van der Waals surface area contributed by atoms with Gasteiger partial charge in [0.15, 0.2) is 0 Å². The SMILES string of the molecule is CN1CCC(C(=O)N2CCC(C(=O)Nc3ccc(F)c(Cl)c3)CC2)CC1=O. The van der Waals surface area contributed by atoms with Gasteiger partial charge < -0.3 is 15.1 Å². The van der Waals surface area contributed by atoms with Crippen molar-refractivity contribution in [2.75, 3.05) is 32.0 Å². The smallest absolute Gasteiger partial charge is 0.227 e. The van der Waals surface area contributed by atoms with Crippen LogP contribution in [-0.4, -0.2) is 54.2 Å². The number of carbonyl (C=O) groups is 3. The molecule has 1 atom stereocenters. The van der Waals surface area contributed by atoms with E-state index in [-0.39, 0.29) is 41.0 Å². The summed E-state index contributed by atoms with van der Waals surface area (Å²) in [4.78, 5) is 40.3. The fourth-order valence-electron chi connectivity index (χ4n) is 3.59. The van der Waals surface area contributed by atoms with Gasteiger partial charge in [-0.3, -0.25) is 14.4 Å². The van der Waals surface area contributed by atoms with Crippen LogP contribution in [0.4, 0.5) is 10.1 Å². The molecule has 3 rings (SSSR count). The van der Waals surface area contributed by atoms with Crippen molar-refractivity contribution in [1.29, 1.82) is 0 Å². The minimum absolute atomic E-state index is 0.00632. The van der Waals surface area contributed by atoms with Gasteiger partial charge in [-0.15, -0.1) is 0 Å². The monoisotopic (exact) mass is 395 g/mol. The molecule has 0 spiro atoms. The van der Waals surface area contributed by atoms with Gasteiger partial charge in [0.1, 0.15) is 5.82 Å². The van der Waals surface area contributed by atoms with Gasteiger partial charge in [0.05, 0.1) is 5.02 Å². The van der Waals surface area contributed by atoms with E-state index in [0.29, 0.717) is 44.6 Å². The molecule has 0 aromatic heterocycles. The van der Waals surface area contributed by atoms with Crippen LogP contribution in [0, 0.1) is 17.7 Å². The van der Waals surface area contributed by atoms with Gasteiger partial charge in [0, 0.05) is 50.6 Å². The number of halogens is 2. The molecule has 2 aliphatic rings. The number of nitrogens with one attached hydrogen (secondary N) is 1. The summed E-state index contributed by atoms with van der Waals surface area (Å²) in [5, 5.41) is 2.71. The molecule has 1 unspecified atom stereocenters. The first-order valence-electron chi connectivity index (χ1n) is 9.14. The number of piperidine rings is 2. The van der Waals surface area contributed by atoms with Crippen molar-refractivity contribution in [3.8, 4) is 0 Å². The third kappa shape index (κ3) is 4.58. The molecule has 27 heavy (non-hydrogen) atoms. The number of anilines is 1. The topological polar surface area (TPSA) is 69.7 Å². The van der Waals surface area contributed by atoms with Gasteiger partial charge >= 0.3 is 0 Å². The number of carbonyl (C=O) groups excluding carboxylic acids is 3. The van der Waals surface area contributed by atoms with E-state index >= 15 is 0 Å². The summed E-state index contributed by atoms with van der Waals surface area (Å²) in [6.07, 6.45) is 2.08. The molecule has 0 aliphatic carbocycles. The highest BCUT2D eigenvalue weighted by Crippen LogP contribution is 2.25. The molecular weight excluding hydrogens is 373 g/mol. The van der Waals surface area contributed by atoms with E-state index in [1.807, 2.05) is 0 Å². The van der Waals surface area contributed by atoms with Gasteiger partial charge in [0.25, 0.3) is 0 Å². The molecule has 2 aliphatic heterocycles. The molecule has 0 saturated carbocycles. The zero-order chi connectivity index (χ0) is 19.6. The predicted molar refractivity (Wildman–Crippen MR) is 99.7 cm³/mol. The summed E-state index contributed by atoms with van der Waals surface area (Å²) in [6, 6.07) is 4.06. The third-order valence-corrected chi connectivity index (χ3v) is 5.66. The average molecular weight is 396 g/mol. The van der Waals surface area contributed by atoms with Crippen LogP contribution in [-0.2, 0) is 14.4 Å². The van der Waals surface area contributed by atoms with E-state index in [2.05, 4.69) is 5.32 Å². The normalized spacial score (nSPS) is 21.3. The van der Waals surface area contributed by atoms with Crippen LogP contribution in [0.1, 0.15) is 25.7 Å². The zero-order valence-electron chi connectivity index (χ0n) is 15.2. The summed E-state index contributed by atoms with van der Waals surface area (Å²) < 4.78 is 13.2. The Morgan fingerprint density at radius 3 is 2.44 bits per heavy atom. The summed E-state index contributed by atoms with van der Waals surface area (Å²) in [7, 11) is 1.75. The standard InChI is InChI=1S/C19H23ClFN3O3/c1-23-7-4-13(10-17(23)25)19(27)24-8-5-12(6-9-24)18(26)22-14-2-3-16(21)15(20)11-14/h2-3,11-13H,4-10H2,1H3,(H,22,26). The molecule has 3 amide bonds. The number of hydrogen-bond donors (Lipinski definition) is 1. The van der Waals surface area contributed by atoms with Crippen molar-refractivity contribution in [2.24, 2.45) is 11.8 Å². The zero-order valence-corrected chi connectivity index (χ0v) is 16.0. The molecule has 146 valence electrons. The van der Waals surface area contributed by atoms with Crippen molar-refractivity contribution in [3.05, 3.63) is 29.0 Å². The Morgan fingerprint density at radius 2 is 1.81 bits per heavy atom. The largest absolute Gasteiger partial charge is 0.346 e. The summed E-state index contributed by atoms with van der Waals surface area (Å²) in [5.41, 5.74) is 0.453. The molecule has 0 bridgehead atoms. The second-order valence-corrected chi connectivity index (χ2v) is 7.63. The van der Waals surface area contributed by atoms with Crippen LogP contribution in [0.3, 0.4) is 0 Å². The van der Waals surface area contributed by atoms with Gasteiger partial charge in [0.2, 0.25) is 17.7 Å². The number of benzene rings is 1. The minimum atomic E-state index is -0.533. The Morgan fingerprint density at radius 1 is 1.15 bits per heavy atom. The molecule has 1 aromatic carbocycles. The van der Waals surface area contributed by atoms with E-state index in [1.54, 1.807) is 16.8 Å². The molecule has 2 saturated heterocycles. The van der Waals surface area contributed by atoms with Gasteiger partial charge in [-0.2, -0.15) is 0 Å². The molecule has 2 fully saturated rings. The number of nitrogens with zero attached hydrogens (tertiary/aromatic N) is 2. The van der Waals surface area contributed by atoms with Crippen LogP contribution < -0.4 is 5.32 Å². The van der Waals surface area contributed by atoms with Crippen molar-refractivity contribution in [1.82, 2.24) is 9.80 Å². The highest BCUT2D eigenvalue weighted by Gasteiger charge is 2.34. The Hall–Kier alpha value is -2.15. The van der Waals surface area contributed by atoms with Crippen molar-refractivity contribution < 1.29 is 18.8 Å². The summed E-state index contributed by atoms with van der Waals surface area (Å²) >= 11 is 5.73. The Labute approximate surface area is 162 Å². The van der Waals surface area contributed by atoms with E-state index in [4.69, 9.17) is 11.6 Å². The molecule has 2 heterocycles. The van der Waals surface area contributed by atoms with E-state index < -0.39 is 5.82 Å². The van der Waals surface area contributed by atoms with Crippen LogP contribution in [0.25, 0.3) is 0 Å². The quantitative estimate of drug-likeness (QED) is 0.855. The number of amides is 3. The van der Waals surface area contributed by atoms with E-state index in [1.165, 1.54) is 18.2 Å². The maximum Gasteiger partial charge on any atom is 0.227 e. The molecule has 6 nitrogen and oxygen atoms in total. The van der Waals surface area contributed by atoms with Gasteiger partial charge in [-0.25, -0.2) is 4.39 Å². The Kier molecular flexibility index (Phi) is 5.99. The third-order valence-electron chi connectivity index (χ3n) is 5.37. The molecular formula is C19H23ClFN3O3. The van der Waals surface area contributed by atoms with Gasteiger partial charge in [-0.1, -0.05) is 11.6 Å². The molecule has 1 N–H and O–H groups in total. The fraction of sp³-hybridized carbons (Fsp3) is 0.526. The van der Waals surface area contributed by atoms with E-state index in [0.717, 1.165) is 0 Å². The second-order valence-electron chi connectivity index (χ2n) is 7.22.